The van der Waals surface area contributed by atoms with Gasteiger partial charge in [0.15, 0.2) is 28.8 Å². The molecule has 0 radical (unpaired) electrons. The van der Waals surface area contributed by atoms with Gasteiger partial charge in [0.2, 0.25) is 0 Å². The number of carbonyl (C=O) groups is 1. The van der Waals surface area contributed by atoms with Crippen LogP contribution in [0.4, 0.5) is 14.6 Å². The topological polar surface area (TPSA) is 135 Å². The van der Waals surface area contributed by atoms with Crippen LogP contribution in [0.25, 0.3) is 16.7 Å². The monoisotopic (exact) mass is 604 g/mol. The van der Waals surface area contributed by atoms with Crippen molar-refractivity contribution < 1.29 is 23.4 Å². The quantitative estimate of drug-likeness (QED) is 0.227. The van der Waals surface area contributed by atoms with Gasteiger partial charge in [0.05, 0.1) is 18.3 Å². The Labute approximate surface area is 250 Å². The average Bonchev–Trinajstić information content (AvgIpc) is 3.43. The molecule has 0 spiro atoms. The molecular weight excluding hydrogens is 574 g/mol. The van der Waals surface area contributed by atoms with Crippen molar-refractivity contribution in [1.82, 2.24) is 24.3 Å². The lowest BCUT2D eigenvalue weighted by atomic mass is 10.0. The van der Waals surface area contributed by atoms with E-state index in [0.717, 1.165) is 22.8 Å². The molecule has 0 saturated carbocycles. The number of aliphatic hydroxyl groups excluding tert-OH is 1. The molecule has 1 atom stereocenters. The number of aromatic nitrogens is 5. The van der Waals surface area contributed by atoms with Crippen LogP contribution in [-0.2, 0) is 6.42 Å². The summed E-state index contributed by atoms with van der Waals surface area (Å²) >= 11 is 0. The zero-order valence-electron chi connectivity index (χ0n) is 24.4. The van der Waals surface area contributed by atoms with Crippen LogP contribution in [0, 0.1) is 11.6 Å². The van der Waals surface area contributed by atoms with Crippen LogP contribution in [0.1, 0.15) is 42.7 Å². The van der Waals surface area contributed by atoms with Gasteiger partial charge in [-0.2, -0.15) is 5.10 Å². The van der Waals surface area contributed by atoms with Crippen molar-refractivity contribution in [1.29, 1.82) is 0 Å². The van der Waals surface area contributed by atoms with Crippen molar-refractivity contribution in [2.75, 3.05) is 18.6 Å². The molecule has 3 aromatic heterocycles. The van der Waals surface area contributed by atoms with E-state index in [4.69, 9.17) is 4.74 Å². The standard InChI is InChI=1S/C31H30F2N6O5/c1-17(2)38-15-22(30(42)39(31(38)43)21-8-6-20(32)7-9-21)24(41)14-19-5-10-25(23(33)13-19)44-26-11-12-34-28-27(26)29(36-35-28)37(4)18(3)16-40/h5-13,15,17-18,40H,14,16H2,1-4H3,(H,34,35,36)/t18-/m0/s1. The number of likely N-dealkylation sites (N-methyl/N-ethyl adjacent to an activating group) is 1. The molecule has 5 rings (SSSR count). The van der Waals surface area contributed by atoms with Crippen molar-refractivity contribution in [3.8, 4) is 17.2 Å². The minimum atomic E-state index is -0.859. The first-order valence-electron chi connectivity index (χ1n) is 13.8. The van der Waals surface area contributed by atoms with E-state index in [9.17, 15) is 23.9 Å². The number of nitrogens with zero attached hydrogens (tertiary/aromatic N) is 5. The number of halogens is 2. The fourth-order valence-corrected chi connectivity index (χ4v) is 4.67. The Morgan fingerprint density at radius 1 is 1.07 bits per heavy atom. The Balaban J connectivity index is 1.45. The molecule has 2 aromatic carbocycles. The number of hydrogen-bond donors (Lipinski definition) is 2. The summed E-state index contributed by atoms with van der Waals surface area (Å²) in [6.45, 7) is 5.14. The Kier molecular flexibility index (Phi) is 8.41. The number of ether oxygens (including phenoxy) is 1. The number of aliphatic hydroxyl groups is 1. The summed E-state index contributed by atoms with van der Waals surface area (Å²) in [5.74, 6) is -1.32. The van der Waals surface area contributed by atoms with Crippen LogP contribution in [0.3, 0.4) is 0 Å². The summed E-state index contributed by atoms with van der Waals surface area (Å²) in [7, 11) is 1.75. The van der Waals surface area contributed by atoms with Gasteiger partial charge in [-0.15, -0.1) is 0 Å². The summed E-state index contributed by atoms with van der Waals surface area (Å²) in [5.41, 5.74) is -1.01. The number of Topliss-reactive ketones (excluding diaryl/α,β-unsaturated/α-hetero) is 1. The number of carbonyl (C=O) groups excluding carboxylic acids is 1. The molecule has 13 heteroatoms. The Bertz CT molecular complexity index is 1970. The summed E-state index contributed by atoms with van der Waals surface area (Å²) in [5, 5.41) is 17.1. The van der Waals surface area contributed by atoms with Crippen LogP contribution in [0.15, 0.2) is 70.5 Å². The van der Waals surface area contributed by atoms with Crippen molar-refractivity contribution in [3.05, 3.63) is 105 Å². The smallest absolute Gasteiger partial charge is 0.335 e. The molecule has 0 aliphatic heterocycles. The van der Waals surface area contributed by atoms with Crippen LogP contribution in [0.5, 0.6) is 11.5 Å². The fourth-order valence-electron chi connectivity index (χ4n) is 4.67. The van der Waals surface area contributed by atoms with Gasteiger partial charge in [-0.3, -0.25) is 19.3 Å². The number of hydrogen-bond acceptors (Lipinski definition) is 8. The molecular formula is C31H30F2N6O5. The third-order valence-corrected chi connectivity index (χ3v) is 7.30. The lowest BCUT2D eigenvalue weighted by Gasteiger charge is -2.23. The van der Waals surface area contributed by atoms with E-state index in [1.54, 1.807) is 31.9 Å². The number of ketones is 1. The Morgan fingerprint density at radius 3 is 2.45 bits per heavy atom. The Hall–Kier alpha value is -5.17. The molecule has 3 heterocycles. The maximum Gasteiger partial charge on any atom is 0.335 e. The highest BCUT2D eigenvalue weighted by Gasteiger charge is 2.22. The molecule has 0 amide bonds. The van der Waals surface area contributed by atoms with Crippen molar-refractivity contribution in [2.24, 2.45) is 0 Å². The van der Waals surface area contributed by atoms with E-state index < -0.39 is 34.7 Å². The number of nitrogens with one attached hydrogen (secondary N) is 1. The van der Waals surface area contributed by atoms with Gasteiger partial charge in [0.1, 0.15) is 22.5 Å². The fraction of sp³-hybridized carbons (Fsp3) is 0.258. The summed E-state index contributed by atoms with van der Waals surface area (Å²) < 4.78 is 36.8. The summed E-state index contributed by atoms with van der Waals surface area (Å²) in [4.78, 5) is 45.8. The first-order valence-corrected chi connectivity index (χ1v) is 13.8. The lowest BCUT2D eigenvalue weighted by molar-refractivity contribution is 0.0990. The zero-order valence-corrected chi connectivity index (χ0v) is 24.4. The van der Waals surface area contributed by atoms with E-state index in [-0.39, 0.29) is 47.4 Å². The van der Waals surface area contributed by atoms with E-state index >= 15 is 4.39 Å². The molecule has 0 aliphatic carbocycles. The first kappa shape index (κ1) is 30.3. The largest absolute Gasteiger partial charge is 0.453 e. The normalized spacial score (nSPS) is 12.1. The molecule has 44 heavy (non-hydrogen) atoms. The molecule has 5 aromatic rings. The highest BCUT2D eigenvalue weighted by atomic mass is 19.1. The Morgan fingerprint density at radius 2 is 1.80 bits per heavy atom. The number of H-pyrrole nitrogens is 1. The minimum Gasteiger partial charge on any atom is -0.453 e. The van der Waals surface area contributed by atoms with Gasteiger partial charge in [-0.1, -0.05) is 6.07 Å². The number of rotatable bonds is 10. The predicted molar refractivity (Wildman–Crippen MR) is 160 cm³/mol. The van der Waals surface area contributed by atoms with Crippen molar-refractivity contribution >= 4 is 22.6 Å². The molecule has 0 bridgehead atoms. The minimum absolute atomic E-state index is 0.112. The highest BCUT2D eigenvalue weighted by molar-refractivity contribution is 5.97. The number of pyridine rings is 1. The van der Waals surface area contributed by atoms with Crippen LogP contribution in [0.2, 0.25) is 0 Å². The third kappa shape index (κ3) is 5.73. The lowest BCUT2D eigenvalue weighted by Crippen LogP contribution is -2.42. The van der Waals surface area contributed by atoms with E-state index in [1.807, 2.05) is 6.92 Å². The van der Waals surface area contributed by atoms with Gasteiger partial charge in [0.25, 0.3) is 5.56 Å². The molecule has 0 fully saturated rings. The highest BCUT2D eigenvalue weighted by Crippen LogP contribution is 2.35. The molecule has 228 valence electrons. The van der Waals surface area contributed by atoms with Crippen LogP contribution >= 0.6 is 0 Å². The maximum atomic E-state index is 15.3. The van der Waals surface area contributed by atoms with Gasteiger partial charge in [-0.05, 0) is 62.7 Å². The second-order valence-corrected chi connectivity index (χ2v) is 10.6. The molecule has 2 N–H and O–H groups in total. The van der Waals surface area contributed by atoms with E-state index in [2.05, 4.69) is 15.2 Å². The van der Waals surface area contributed by atoms with Crippen molar-refractivity contribution in [2.45, 2.75) is 39.3 Å². The second kappa shape index (κ2) is 12.2. The SMILES string of the molecule is CC(C)n1cc(C(=O)Cc2ccc(Oc3ccnc4[nH]nc(N(C)[C@@H](C)CO)c34)c(F)c2)c(=O)n(-c2ccc(F)cc2)c1=O. The van der Waals surface area contributed by atoms with Crippen LogP contribution in [-0.4, -0.2) is 54.9 Å². The number of aromatic amines is 1. The molecule has 0 aliphatic rings. The van der Waals surface area contributed by atoms with Crippen LogP contribution < -0.4 is 20.9 Å². The second-order valence-electron chi connectivity index (χ2n) is 10.6. The first-order chi connectivity index (χ1) is 21.0. The maximum absolute atomic E-state index is 15.3. The number of benzene rings is 2. The molecule has 0 saturated heterocycles. The average molecular weight is 605 g/mol. The number of fused-ring (bicyclic) bond motifs is 1. The molecule has 11 nitrogen and oxygen atoms in total. The summed E-state index contributed by atoms with van der Waals surface area (Å²) in [6.07, 6.45) is 2.36. The van der Waals surface area contributed by atoms with Gasteiger partial charge in [-0.25, -0.2) is 23.1 Å². The van der Waals surface area contributed by atoms with E-state index in [0.29, 0.717) is 16.9 Å². The van der Waals surface area contributed by atoms with Gasteiger partial charge >= 0.3 is 5.69 Å². The van der Waals surface area contributed by atoms with Crippen molar-refractivity contribution in [3.63, 3.8) is 0 Å². The number of anilines is 1. The zero-order chi connectivity index (χ0) is 31.7. The van der Waals surface area contributed by atoms with Gasteiger partial charge in [0, 0.05) is 38.0 Å². The van der Waals surface area contributed by atoms with Gasteiger partial charge < -0.3 is 14.7 Å². The predicted octanol–water partition coefficient (Wildman–Crippen LogP) is 4.16. The summed E-state index contributed by atoms with van der Waals surface area (Å²) in [6, 6.07) is 9.70. The van der Waals surface area contributed by atoms with E-state index in [1.165, 1.54) is 41.2 Å². The third-order valence-electron chi connectivity index (χ3n) is 7.30. The molecule has 0 unspecified atom stereocenters.